The average molecular weight is 747 g/mol. The van der Waals surface area contributed by atoms with E-state index in [-0.39, 0.29) is 29.0 Å². The minimum Gasteiger partial charge on any atom is -0.379 e. The predicted molar refractivity (Wildman–Crippen MR) is 242 cm³/mol. The van der Waals surface area contributed by atoms with E-state index in [1.54, 1.807) is 10.5 Å². The maximum absolute atomic E-state index is 4.30. The van der Waals surface area contributed by atoms with Crippen LogP contribution in [0.1, 0.15) is 129 Å². The molecule has 1 fully saturated rings. The Morgan fingerprint density at radius 3 is 2.33 bits per heavy atom. The van der Waals surface area contributed by atoms with Crippen LogP contribution in [0.2, 0.25) is 0 Å². The summed E-state index contributed by atoms with van der Waals surface area (Å²) in [7, 11) is 0. The second kappa shape index (κ2) is 17.3. The maximum atomic E-state index is 4.30. The lowest BCUT2D eigenvalue weighted by molar-refractivity contribution is 0.0921. The first-order chi connectivity index (χ1) is 25.4. The molecule has 2 nitrogen and oxygen atoms in total. The number of nitrogens with zero attached hydrogens (tertiary/aromatic N) is 1. The molecular weight excluding hydrogens is 671 g/mol. The first-order valence-electron chi connectivity index (χ1n) is 21.4. The molecule has 0 radical (unpaired) electrons. The zero-order chi connectivity index (χ0) is 39.6. The Morgan fingerprint density at radius 2 is 1.74 bits per heavy atom. The van der Waals surface area contributed by atoms with Crippen LogP contribution in [0, 0.1) is 39.9 Å². The second-order valence-corrected chi connectivity index (χ2v) is 21.2. The van der Waals surface area contributed by atoms with Gasteiger partial charge in [0, 0.05) is 30.1 Å². The third-order valence-electron chi connectivity index (χ3n) is 13.6. The first-order valence-corrected chi connectivity index (χ1v) is 22.3. The Hall–Kier alpha value is -2.59. The van der Waals surface area contributed by atoms with Crippen molar-refractivity contribution in [2.45, 2.75) is 140 Å². The van der Waals surface area contributed by atoms with E-state index in [0.29, 0.717) is 23.0 Å². The van der Waals surface area contributed by atoms with Crippen LogP contribution in [0.15, 0.2) is 117 Å². The van der Waals surface area contributed by atoms with Crippen molar-refractivity contribution in [1.29, 1.82) is 0 Å². The molecule has 4 heteroatoms. The molecule has 2 heterocycles. The fourth-order valence-corrected chi connectivity index (χ4v) is 11.6. The highest BCUT2D eigenvalue weighted by molar-refractivity contribution is 8.04. The molecule has 3 aliphatic carbocycles. The van der Waals surface area contributed by atoms with Crippen LogP contribution >= 0.6 is 11.8 Å². The second-order valence-electron chi connectivity index (χ2n) is 20.0. The number of allylic oxidation sites excluding steroid dienone is 13. The van der Waals surface area contributed by atoms with E-state index in [0.717, 1.165) is 31.8 Å². The minimum atomic E-state index is 0.223. The minimum absolute atomic E-state index is 0.223. The molecule has 2 aliphatic heterocycles. The lowest BCUT2D eigenvalue weighted by Gasteiger charge is -2.51. The van der Waals surface area contributed by atoms with E-state index >= 15 is 0 Å². The van der Waals surface area contributed by atoms with Gasteiger partial charge >= 0.3 is 0 Å². The highest BCUT2D eigenvalue weighted by atomic mass is 32.2. The SMILES string of the molecule is C=CCN1C\C(=C(/C=C(C)/C(C)=C/C=C\C)NC2C=CC(C(C)C)=CC2)B(C2=CCC(C(C)(C)CCC(C)C)C=C2)C2=C1SC1C2C(C)(C)CCC1(C)C. The van der Waals surface area contributed by atoms with Crippen molar-refractivity contribution >= 4 is 18.5 Å². The van der Waals surface area contributed by atoms with E-state index < -0.39 is 0 Å². The lowest BCUT2D eigenvalue weighted by Crippen LogP contribution is -2.49. The molecule has 0 aromatic carbocycles. The summed E-state index contributed by atoms with van der Waals surface area (Å²) < 4.78 is 0. The van der Waals surface area contributed by atoms with Gasteiger partial charge in [-0.05, 0) is 121 Å². The van der Waals surface area contributed by atoms with E-state index in [1.807, 2.05) is 0 Å². The molecule has 0 aromatic rings. The Balaban J connectivity index is 1.72. The van der Waals surface area contributed by atoms with Gasteiger partial charge < -0.3 is 10.2 Å². The van der Waals surface area contributed by atoms with Crippen LogP contribution in [0.25, 0.3) is 0 Å². The van der Waals surface area contributed by atoms with Gasteiger partial charge in [0.25, 0.3) is 0 Å². The normalized spacial score (nSPS) is 28.1. The third kappa shape index (κ3) is 9.33. The third-order valence-corrected chi connectivity index (χ3v) is 15.5. The van der Waals surface area contributed by atoms with Crippen molar-refractivity contribution in [3.05, 3.63) is 117 Å². The number of thioether (sulfide) groups is 1. The number of rotatable bonds is 13. The molecule has 5 rings (SSSR count). The zero-order valence-electron chi connectivity index (χ0n) is 36.6. The average Bonchev–Trinajstić information content (AvgIpc) is 3.55. The summed E-state index contributed by atoms with van der Waals surface area (Å²) in [5, 5.41) is 6.31. The summed E-state index contributed by atoms with van der Waals surface area (Å²) >= 11 is 2.21. The fourth-order valence-electron chi connectivity index (χ4n) is 9.56. The molecule has 5 aliphatic rings. The van der Waals surface area contributed by atoms with Crippen molar-refractivity contribution < 1.29 is 0 Å². The van der Waals surface area contributed by atoms with Gasteiger partial charge in [-0.1, -0.05) is 147 Å². The summed E-state index contributed by atoms with van der Waals surface area (Å²) in [4.78, 5) is 2.69. The molecule has 294 valence electrons. The van der Waals surface area contributed by atoms with E-state index in [4.69, 9.17) is 0 Å². The molecule has 0 amide bonds. The molecule has 54 heavy (non-hydrogen) atoms. The van der Waals surface area contributed by atoms with Crippen LogP contribution in [0.3, 0.4) is 0 Å². The van der Waals surface area contributed by atoms with Crippen LogP contribution < -0.4 is 5.32 Å². The van der Waals surface area contributed by atoms with Crippen molar-refractivity contribution in [2.24, 2.45) is 39.9 Å². The summed E-state index contributed by atoms with van der Waals surface area (Å²) in [5.41, 5.74) is 10.9. The summed E-state index contributed by atoms with van der Waals surface area (Å²) in [6.45, 7) is 37.6. The van der Waals surface area contributed by atoms with Crippen LogP contribution in [0.5, 0.6) is 0 Å². The van der Waals surface area contributed by atoms with E-state index in [2.05, 4.69) is 185 Å². The van der Waals surface area contributed by atoms with Gasteiger partial charge in [-0.15, -0.1) is 18.3 Å². The fraction of sp³-hybridized carbons (Fsp3) is 0.600. The van der Waals surface area contributed by atoms with Gasteiger partial charge in [0.1, 0.15) is 0 Å². The van der Waals surface area contributed by atoms with Crippen LogP contribution in [-0.2, 0) is 0 Å². The predicted octanol–water partition coefficient (Wildman–Crippen LogP) is 13.6. The van der Waals surface area contributed by atoms with Gasteiger partial charge in [-0.25, -0.2) is 0 Å². The van der Waals surface area contributed by atoms with Crippen molar-refractivity contribution in [3.63, 3.8) is 0 Å². The summed E-state index contributed by atoms with van der Waals surface area (Å²) in [6, 6.07) is 0.250. The molecule has 4 unspecified atom stereocenters. The van der Waals surface area contributed by atoms with Gasteiger partial charge in [0.15, 0.2) is 0 Å². The number of hydrogen-bond acceptors (Lipinski definition) is 3. The smallest absolute Gasteiger partial charge is 0.240 e. The molecule has 0 spiro atoms. The Morgan fingerprint density at radius 1 is 1.02 bits per heavy atom. The largest absolute Gasteiger partial charge is 0.379 e. The van der Waals surface area contributed by atoms with Crippen LogP contribution in [-0.4, -0.2) is 36.0 Å². The van der Waals surface area contributed by atoms with Gasteiger partial charge in [0.2, 0.25) is 6.71 Å². The topological polar surface area (TPSA) is 15.3 Å². The van der Waals surface area contributed by atoms with Crippen molar-refractivity contribution in [2.75, 3.05) is 13.1 Å². The summed E-state index contributed by atoms with van der Waals surface area (Å²) in [6.07, 6.45) is 33.5. The number of fused-ring (bicyclic) bond motifs is 2. The highest BCUT2D eigenvalue weighted by Gasteiger charge is 2.58. The monoisotopic (exact) mass is 747 g/mol. The maximum Gasteiger partial charge on any atom is 0.240 e. The summed E-state index contributed by atoms with van der Waals surface area (Å²) in [5.74, 6) is 2.35. The molecular formula is C50H75BN2S. The van der Waals surface area contributed by atoms with Crippen molar-refractivity contribution in [1.82, 2.24) is 10.2 Å². The Labute approximate surface area is 337 Å². The van der Waals surface area contributed by atoms with E-state index in [1.165, 1.54) is 59.0 Å². The standard InChI is InChI=1S/C50H75BN2S/c1-15-17-18-36(7)37(8)32-43(52-41-25-19-38(20-26-41)35(5)6)42-33-53(31-16-2)47-45(44-46(54-47)50(13,14)30-29-49(44,11)12)51(42)40-23-21-39(22-24-40)48(9,10)28-27-34(3)4/h15-21,23-25,32,34-35,39,41,44,46,52H,2,22,26-31,33H2,1,3-14H3/b17-15-,36-18+,37-32+,43-42-. The van der Waals surface area contributed by atoms with Gasteiger partial charge in [0.05, 0.1) is 5.03 Å². The molecule has 0 aromatic heterocycles. The molecule has 1 saturated carbocycles. The zero-order valence-corrected chi connectivity index (χ0v) is 37.4. The van der Waals surface area contributed by atoms with Crippen molar-refractivity contribution in [3.8, 4) is 0 Å². The Bertz CT molecular complexity index is 1680. The number of nitrogens with one attached hydrogen (secondary N) is 1. The highest BCUT2D eigenvalue weighted by Crippen LogP contribution is 2.64. The molecule has 4 atom stereocenters. The molecule has 1 N–H and O–H groups in total. The van der Waals surface area contributed by atoms with Crippen LogP contribution in [0.4, 0.5) is 0 Å². The molecule has 0 bridgehead atoms. The number of hydrogen-bond donors (Lipinski definition) is 1. The van der Waals surface area contributed by atoms with E-state index in [9.17, 15) is 0 Å². The van der Waals surface area contributed by atoms with Gasteiger partial charge in [-0.3, -0.25) is 0 Å². The molecule has 0 saturated heterocycles. The first kappa shape index (κ1) is 42.6. The Kier molecular flexibility index (Phi) is 13.6. The lowest BCUT2D eigenvalue weighted by atomic mass is 9.29. The van der Waals surface area contributed by atoms with Gasteiger partial charge in [-0.2, -0.15) is 0 Å². The quantitative estimate of drug-likeness (QED) is 0.115.